The number of carbonyl (C=O) groups is 3. The lowest BCUT2D eigenvalue weighted by Crippen LogP contribution is -2.40. The monoisotopic (exact) mass is 405 g/mol. The smallest absolute Gasteiger partial charge is 0.359 e. The summed E-state index contributed by atoms with van der Waals surface area (Å²) in [6.45, 7) is 7.89. The predicted octanol–water partition coefficient (Wildman–Crippen LogP) is 1.87. The number of alkyl halides is 1. The van der Waals surface area contributed by atoms with E-state index in [1.54, 1.807) is 20.8 Å². The number of hydrogen-bond acceptors (Lipinski definition) is 7. The Kier molecular flexibility index (Phi) is 7.34. The van der Waals surface area contributed by atoms with Crippen molar-refractivity contribution < 1.29 is 29.1 Å². The molecule has 0 saturated heterocycles. The minimum absolute atomic E-state index is 0.0589. The predicted molar refractivity (Wildman–Crippen MR) is 99.1 cm³/mol. The van der Waals surface area contributed by atoms with Crippen molar-refractivity contribution in [3.8, 4) is 0 Å². The fourth-order valence-electron chi connectivity index (χ4n) is 1.44. The number of carboxylic acid groups (broad SMARTS) is 1. The average Bonchev–Trinajstić information content (AvgIpc) is 2.93. The van der Waals surface area contributed by atoms with Gasteiger partial charge in [0.15, 0.2) is 5.17 Å². The zero-order chi connectivity index (χ0) is 20.1. The van der Waals surface area contributed by atoms with Gasteiger partial charge in [-0.2, -0.15) is 4.99 Å². The van der Waals surface area contributed by atoms with Crippen molar-refractivity contribution >= 4 is 57.8 Å². The van der Waals surface area contributed by atoms with Gasteiger partial charge in [0, 0.05) is 5.75 Å². The molecule has 0 fully saturated rings. The van der Waals surface area contributed by atoms with Crippen molar-refractivity contribution in [1.29, 1.82) is 0 Å². The Balaban J connectivity index is 2.99. The molecule has 0 spiro atoms. The van der Waals surface area contributed by atoms with Gasteiger partial charge in [-0.15, -0.1) is 11.6 Å². The third kappa shape index (κ3) is 6.75. The number of carbonyl (C=O) groups excluding carboxylic acids is 2. The van der Waals surface area contributed by atoms with Gasteiger partial charge >= 0.3 is 11.9 Å². The number of rotatable bonds is 6. The molecule has 0 aromatic heterocycles. The Morgan fingerprint density at radius 1 is 1.27 bits per heavy atom. The SMILES string of the molecule is CC(C)(C)OC(=O)C(C)(C)ON=C(C(=O)O)C1=NC(=NC(=O)CCl)SC1. The van der Waals surface area contributed by atoms with Crippen LogP contribution in [0.15, 0.2) is 15.1 Å². The van der Waals surface area contributed by atoms with E-state index in [0.717, 1.165) is 11.8 Å². The largest absolute Gasteiger partial charge is 0.476 e. The lowest BCUT2D eigenvalue weighted by Gasteiger charge is -2.26. The van der Waals surface area contributed by atoms with Crippen LogP contribution in [0.1, 0.15) is 34.6 Å². The van der Waals surface area contributed by atoms with Gasteiger partial charge in [0.25, 0.3) is 5.91 Å². The Labute approximate surface area is 159 Å². The van der Waals surface area contributed by atoms with Gasteiger partial charge in [-0.05, 0) is 34.6 Å². The van der Waals surface area contributed by atoms with Gasteiger partial charge in [-0.25, -0.2) is 14.6 Å². The van der Waals surface area contributed by atoms with Crippen LogP contribution in [0.3, 0.4) is 0 Å². The van der Waals surface area contributed by atoms with Crippen LogP contribution in [0.5, 0.6) is 0 Å². The number of aliphatic imine (C=N–C) groups is 2. The summed E-state index contributed by atoms with van der Waals surface area (Å²) < 4.78 is 5.21. The molecule has 1 N–H and O–H groups in total. The summed E-state index contributed by atoms with van der Waals surface area (Å²) in [6, 6.07) is 0. The van der Waals surface area contributed by atoms with Crippen molar-refractivity contribution in [2.75, 3.05) is 11.6 Å². The molecule has 0 aromatic carbocycles. The molecule has 144 valence electrons. The number of esters is 1. The van der Waals surface area contributed by atoms with Crippen LogP contribution in [0.25, 0.3) is 0 Å². The van der Waals surface area contributed by atoms with Crippen LogP contribution in [0.2, 0.25) is 0 Å². The van der Waals surface area contributed by atoms with Crippen molar-refractivity contribution in [2.24, 2.45) is 15.1 Å². The van der Waals surface area contributed by atoms with E-state index in [0.29, 0.717) is 0 Å². The van der Waals surface area contributed by atoms with Gasteiger partial charge < -0.3 is 14.7 Å². The van der Waals surface area contributed by atoms with Crippen LogP contribution in [0, 0.1) is 0 Å². The Hall–Kier alpha value is -1.94. The highest BCUT2D eigenvalue weighted by molar-refractivity contribution is 8.15. The normalized spacial score (nSPS) is 17.1. The van der Waals surface area contributed by atoms with Crippen LogP contribution < -0.4 is 0 Å². The number of thioether (sulfide) groups is 1. The standard InChI is InChI=1S/C15H20ClN3O6S/c1-14(2,3)24-12(23)15(4,5)25-19-10(11(21)22)8-7-26-13(17-8)18-9(20)6-16/h6-7H2,1-5H3,(H,21,22). The van der Waals surface area contributed by atoms with Crippen LogP contribution >= 0.6 is 23.4 Å². The summed E-state index contributed by atoms with van der Waals surface area (Å²) >= 11 is 6.42. The van der Waals surface area contributed by atoms with Gasteiger partial charge in [0.2, 0.25) is 11.3 Å². The number of nitrogens with zero attached hydrogens (tertiary/aromatic N) is 3. The van der Waals surface area contributed by atoms with Crippen molar-refractivity contribution in [3.63, 3.8) is 0 Å². The molecule has 26 heavy (non-hydrogen) atoms. The second-order valence-electron chi connectivity index (χ2n) is 6.62. The number of oxime groups is 1. The van der Waals surface area contributed by atoms with Gasteiger partial charge in [0.05, 0.1) is 5.71 Å². The summed E-state index contributed by atoms with van der Waals surface area (Å²) in [5, 5.41) is 13.0. The zero-order valence-electron chi connectivity index (χ0n) is 15.0. The van der Waals surface area contributed by atoms with Crippen molar-refractivity contribution in [2.45, 2.75) is 45.8 Å². The summed E-state index contributed by atoms with van der Waals surface area (Å²) in [4.78, 5) is 47.5. The number of ether oxygens (including phenoxy) is 1. The highest BCUT2D eigenvalue weighted by Gasteiger charge is 2.36. The summed E-state index contributed by atoms with van der Waals surface area (Å²) in [7, 11) is 0. The van der Waals surface area contributed by atoms with Crippen molar-refractivity contribution in [3.05, 3.63) is 0 Å². The van der Waals surface area contributed by atoms with E-state index in [1.165, 1.54) is 13.8 Å². The lowest BCUT2D eigenvalue weighted by atomic mass is 10.1. The molecule has 0 unspecified atom stereocenters. The van der Waals surface area contributed by atoms with Crippen molar-refractivity contribution in [1.82, 2.24) is 0 Å². The Morgan fingerprint density at radius 2 is 1.88 bits per heavy atom. The van der Waals surface area contributed by atoms with Gasteiger partial charge in [0.1, 0.15) is 11.5 Å². The zero-order valence-corrected chi connectivity index (χ0v) is 16.6. The number of hydrogen-bond donors (Lipinski definition) is 1. The fourth-order valence-corrected chi connectivity index (χ4v) is 2.31. The van der Waals surface area contributed by atoms with E-state index in [9.17, 15) is 19.5 Å². The molecule has 1 aliphatic rings. The molecule has 1 aliphatic heterocycles. The molecule has 0 saturated carbocycles. The van der Waals surface area contributed by atoms with Crippen LogP contribution in [0.4, 0.5) is 0 Å². The molecule has 1 amide bonds. The first-order valence-corrected chi connectivity index (χ1v) is 8.99. The average molecular weight is 406 g/mol. The molecule has 0 atom stereocenters. The molecule has 9 nitrogen and oxygen atoms in total. The first-order valence-electron chi connectivity index (χ1n) is 7.47. The fraction of sp³-hybridized carbons (Fsp3) is 0.600. The maximum atomic E-state index is 12.1. The topological polar surface area (TPSA) is 127 Å². The summed E-state index contributed by atoms with van der Waals surface area (Å²) in [6.07, 6.45) is 0. The number of amidine groups is 1. The first kappa shape index (κ1) is 22.1. The summed E-state index contributed by atoms with van der Waals surface area (Å²) in [5.74, 6) is -2.85. The molecule has 0 radical (unpaired) electrons. The summed E-state index contributed by atoms with van der Waals surface area (Å²) in [5.41, 5.74) is -2.67. The second-order valence-corrected chi connectivity index (χ2v) is 7.83. The third-order valence-corrected chi connectivity index (χ3v) is 3.72. The van der Waals surface area contributed by atoms with E-state index in [4.69, 9.17) is 21.2 Å². The molecule has 0 bridgehead atoms. The molecule has 11 heteroatoms. The van der Waals surface area contributed by atoms with Crippen LogP contribution in [-0.2, 0) is 24.0 Å². The van der Waals surface area contributed by atoms with E-state index >= 15 is 0 Å². The first-order chi connectivity index (χ1) is 11.9. The highest BCUT2D eigenvalue weighted by atomic mass is 35.5. The maximum absolute atomic E-state index is 12.1. The van der Waals surface area contributed by atoms with Gasteiger partial charge in [-0.1, -0.05) is 16.9 Å². The number of carboxylic acids is 1. The Morgan fingerprint density at radius 3 is 2.38 bits per heavy atom. The van der Waals surface area contributed by atoms with E-state index in [1.807, 2.05) is 0 Å². The molecule has 1 heterocycles. The number of halogens is 1. The minimum atomic E-state index is -1.51. The quantitative estimate of drug-likeness (QED) is 0.309. The number of aliphatic carboxylic acids is 1. The molecular formula is C15H20ClN3O6S. The van der Waals surface area contributed by atoms with Gasteiger partial charge in [-0.3, -0.25) is 4.79 Å². The third-order valence-electron chi connectivity index (χ3n) is 2.63. The van der Waals surface area contributed by atoms with E-state index < -0.39 is 34.8 Å². The molecular weight excluding hydrogens is 386 g/mol. The maximum Gasteiger partial charge on any atom is 0.359 e. The minimum Gasteiger partial charge on any atom is -0.476 e. The molecule has 0 aliphatic carbocycles. The lowest BCUT2D eigenvalue weighted by molar-refractivity contribution is -0.179. The molecule has 1 rings (SSSR count). The highest BCUT2D eigenvalue weighted by Crippen LogP contribution is 2.19. The number of amides is 1. The second kappa shape index (κ2) is 8.63. The van der Waals surface area contributed by atoms with Crippen LogP contribution in [-0.4, -0.2) is 62.4 Å². The van der Waals surface area contributed by atoms with E-state index in [-0.39, 0.29) is 22.5 Å². The molecule has 0 aromatic rings. The Bertz CT molecular complexity index is 694. The van der Waals surface area contributed by atoms with E-state index in [2.05, 4.69) is 15.1 Å².